The fraction of sp³-hybridized carbons (Fsp3) is 0.400. The van der Waals surface area contributed by atoms with Crippen LogP contribution in [0.5, 0.6) is 5.75 Å². The average molecular weight is 273 g/mol. The van der Waals surface area contributed by atoms with Crippen LogP contribution in [0, 0.1) is 23.1 Å². The minimum atomic E-state index is -0.567. The van der Waals surface area contributed by atoms with Crippen molar-refractivity contribution in [3.8, 4) is 11.8 Å². The van der Waals surface area contributed by atoms with E-state index in [1.165, 1.54) is 5.57 Å². The summed E-state index contributed by atoms with van der Waals surface area (Å²) in [5.74, 6) is 0.120. The van der Waals surface area contributed by atoms with Crippen LogP contribution in [0.1, 0.15) is 18.9 Å². The second kappa shape index (κ2) is 4.71. The van der Waals surface area contributed by atoms with Gasteiger partial charge in [-0.25, -0.2) is 4.39 Å². The Hall–Kier alpha value is -2.22. The first-order valence-electron chi connectivity index (χ1n) is 6.68. The zero-order chi connectivity index (χ0) is 14.3. The number of nitrogens with two attached hydrogens (primary N) is 1. The van der Waals surface area contributed by atoms with Crippen LogP contribution in [-0.4, -0.2) is 19.7 Å². The molecule has 0 amide bonds. The molecule has 0 unspecified atom stereocenters. The van der Waals surface area contributed by atoms with E-state index in [2.05, 4.69) is 13.0 Å². The number of halogens is 1. The maximum Gasteiger partial charge on any atom is 0.170 e. The summed E-state index contributed by atoms with van der Waals surface area (Å²) in [6.07, 6.45) is 3.05. The molecule has 104 valence electrons. The lowest BCUT2D eigenvalue weighted by Gasteiger charge is -2.25. The van der Waals surface area contributed by atoms with Crippen LogP contribution in [0.2, 0.25) is 0 Å². The molecule has 1 aromatic rings. The van der Waals surface area contributed by atoms with Crippen molar-refractivity contribution in [3.05, 3.63) is 29.1 Å². The number of benzene rings is 1. The number of ether oxygens (including phenoxy) is 1. The normalized spacial score (nSPS) is 20.9. The van der Waals surface area contributed by atoms with Gasteiger partial charge < -0.3 is 15.4 Å². The Morgan fingerprint density at radius 2 is 2.35 bits per heavy atom. The summed E-state index contributed by atoms with van der Waals surface area (Å²) in [6, 6.07) is 3.40. The molecule has 5 heteroatoms. The van der Waals surface area contributed by atoms with Gasteiger partial charge in [0.15, 0.2) is 5.82 Å². The summed E-state index contributed by atoms with van der Waals surface area (Å²) in [5.41, 5.74) is 7.41. The predicted molar refractivity (Wildman–Crippen MR) is 75.1 cm³/mol. The summed E-state index contributed by atoms with van der Waals surface area (Å²) in [4.78, 5) is 1.97. The van der Waals surface area contributed by atoms with E-state index in [1.807, 2.05) is 11.0 Å². The zero-order valence-electron chi connectivity index (χ0n) is 11.3. The maximum absolute atomic E-state index is 14.6. The van der Waals surface area contributed by atoms with E-state index in [4.69, 9.17) is 15.7 Å². The third-order valence-corrected chi connectivity index (χ3v) is 4.05. The minimum absolute atomic E-state index is 0.0975. The van der Waals surface area contributed by atoms with Gasteiger partial charge in [0.2, 0.25) is 0 Å². The molecule has 20 heavy (non-hydrogen) atoms. The largest absolute Gasteiger partial charge is 0.491 e. The second-order valence-corrected chi connectivity index (χ2v) is 5.30. The number of rotatable bonds is 0. The van der Waals surface area contributed by atoms with Gasteiger partial charge in [0.1, 0.15) is 23.1 Å². The van der Waals surface area contributed by atoms with Crippen LogP contribution in [0.25, 0.3) is 0 Å². The van der Waals surface area contributed by atoms with Gasteiger partial charge >= 0.3 is 0 Å². The van der Waals surface area contributed by atoms with E-state index in [0.717, 1.165) is 13.0 Å². The first-order chi connectivity index (χ1) is 9.61. The standard InChI is InChI=1S/C15H16FN3O/c1-9-3-2-4-19-7-10(9)8-20-13-5-12(18)11(6-17)14(16)15(13)19/h3,5,10H,2,4,7-8,18H2,1H3/t10-/m0/s1. The highest BCUT2D eigenvalue weighted by Crippen LogP contribution is 2.40. The van der Waals surface area contributed by atoms with Gasteiger partial charge in [0, 0.05) is 25.1 Å². The minimum Gasteiger partial charge on any atom is -0.491 e. The molecular formula is C15H16FN3O. The summed E-state index contributed by atoms with van der Waals surface area (Å²) in [5, 5.41) is 9.05. The lowest BCUT2D eigenvalue weighted by atomic mass is 10.0. The van der Waals surface area contributed by atoms with Gasteiger partial charge in [-0.1, -0.05) is 11.6 Å². The predicted octanol–water partition coefficient (Wildman–Crippen LogP) is 2.44. The van der Waals surface area contributed by atoms with Crippen LogP contribution < -0.4 is 15.4 Å². The molecule has 1 atom stereocenters. The first kappa shape index (κ1) is 12.8. The molecule has 0 fully saturated rings. The number of hydrogen-bond donors (Lipinski definition) is 1. The highest BCUT2D eigenvalue weighted by atomic mass is 19.1. The highest BCUT2D eigenvalue weighted by Gasteiger charge is 2.30. The number of nitrogen functional groups attached to an aromatic ring is 1. The number of hydrogen-bond acceptors (Lipinski definition) is 4. The number of fused-ring (bicyclic) bond motifs is 4. The molecule has 0 saturated carbocycles. The van der Waals surface area contributed by atoms with E-state index in [0.29, 0.717) is 24.6 Å². The molecule has 2 N–H and O–H groups in total. The second-order valence-electron chi connectivity index (χ2n) is 5.30. The fourth-order valence-corrected chi connectivity index (χ4v) is 2.85. The lowest BCUT2D eigenvalue weighted by Crippen LogP contribution is -2.29. The Balaban J connectivity index is 2.14. The molecule has 0 aromatic heterocycles. The number of anilines is 2. The molecule has 0 aliphatic carbocycles. The molecule has 2 aliphatic rings. The Bertz CT molecular complexity index is 633. The molecular weight excluding hydrogens is 257 g/mol. The quantitative estimate of drug-likeness (QED) is 0.582. The zero-order valence-corrected chi connectivity index (χ0v) is 11.3. The first-order valence-corrected chi connectivity index (χ1v) is 6.68. The van der Waals surface area contributed by atoms with Crippen molar-refractivity contribution in [1.82, 2.24) is 0 Å². The van der Waals surface area contributed by atoms with E-state index >= 15 is 0 Å². The molecule has 4 nitrogen and oxygen atoms in total. The topological polar surface area (TPSA) is 62.3 Å². The molecule has 0 saturated heterocycles. The highest BCUT2D eigenvalue weighted by molar-refractivity contribution is 5.72. The summed E-state index contributed by atoms with van der Waals surface area (Å²) < 4.78 is 20.3. The van der Waals surface area contributed by atoms with E-state index in [1.54, 1.807) is 6.07 Å². The van der Waals surface area contributed by atoms with Crippen molar-refractivity contribution < 1.29 is 9.13 Å². The van der Waals surface area contributed by atoms with Gasteiger partial charge in [-0.05, 0) is 13.3 Å². The van der Waals surface area contributed by atoms with Crippen LogP contribution >= 0.6 is 0 Å². The SMILES string of the molecule is CC1=CCCN2C[C@H]1COc1cc(N)c(C#N)c(F)c12. The van der Waals surface area contributed by atoms with Crippen molar-refractivity contribution in [2.75, 3.05) is 30.3 Å². The van der Waals surface area contributed by atoms with E-state index < -0.39 is 5.82 Å². The fourth-order valence-electron chi connectivity index (χ4n) is 2.85. The van der Waals surface area contributed by atoms with Crippen molar-refractivity contribution in [2.24, 2.45) is 5.92 Å². The van der Waals surface area contributed by atoms with Crippen molar-refractivity contribution in [2.45, 2.75) is 13.3 Å². The third kappa shape index (κ3) is 1.88. The summed E-state index contributed by atoms with van der Waals surface area (Å²) in [6.45, 7) is 4.02. The molecule has 2 heterocycles. The molecule has 1 aromatic carbocycles. The Morgan fingerprint density at radius 3 is 3.10 bits per heavy atom. The lowest BCUT2D eigenvalue weighted by molar-refractivity contribution is 0.282. The molecule has 2 aliphatic heterocycles. The third-order valence-electron chi connectivity index (χ3n) is 4.05. The number of nitrogens with zero attached hydrogens (tertiary/aromatic N) is 2. The van der Waals surface area contributed by atoms with Gasteiger partial charge in [-0.3, -0.25) is 0 Å². The van der Waals surface area contributed by atoms with Crippen molar-refractivity contribution >= 4 is 11.4 Å². The van der Waals surface area contributed by atoms with Crippen LogP contribution in [0.15, 0.2) is 17.7 Å². The molecule has 3 rings (SSSR count). The van der Waals surface area contributed by atoms with E-state index in [-0.39, 0.29) is 17.2 Å². The average Bonchev–Trinajstić information content (AvgIpc) is 2.69. The van der Waals surface area contributed by atoms with Crippen molar-refractivity contribution in [3.63, 3.8) is 0 Å². The molecule has 0 radical (unpaired) electrons. The maximum atomic E-state index is 14.6. The monoisotopic (exact) mass is 273 g/mol. The Morgan fingerprint density at radius 1 is 1.55 bits per heavy atom. The van der Waals surface area contributed by atoms with Gasteiger partial charge in [-0.2, -0.15) is 5.26 Å². The van der Waals surface area contributed by atoms with Crippen LogP contribution in [0.3, 0.4) is 0 Å². The van der Waals surface area contributed by atoms with Gasteiger partial charge in [0.05, 0.1) is 12.3 Å². The van der Waals surface area contributed by atoms with Crippen molar-refractivity contribution in [1.29, 1.82) is 5.26 Å². The smallest absolute Gasteiger partial charge is 0.170 e. The van der Waals surface area contributed by atoms with Crippen LogP contribution in [0.4, 0.5) is 15.8 Å². The molecule has 2 bridgehead atoms. The summed E-state index contributed by atoms with van der Waals surface area (Å²) >= 11 is 0. The van der Waals surface area contributed by atoms with Gasteiger partial charge in [-0.15, -0.1) is 0 Å². The van der Waals surface area contributed by atoms with E-state index in [9.17, 15) is 4.39 Å². The molecule has 0 spiro atoms. The van der Waals surface area contributed by atoms with Crippen LogP contribution in [-0.2, 0) is 0 Å². The van der Waals surface area contributed by atoms with Gasteiger partial charge in [0.25, 0.3) is 0 Å². The number of nitriles is 1. The summed E-state index contributed by atoms with van der Waals surface area (Å²) in [7, 11) is 0. The Labute approximate surface area is 117 Å². The Kier molecular flexibility index (Phi) is 3.01.